The second-order valence-electron chi connectivity index (χ2n) is 5.01. The van der Waals surface area contributed by atoms with Crippen LogP contribution >= 0.6 is 0 Å². The van der Waals surface area contributed by atoms with Gasteiger partial charge in [-0.15, -0.1) is 4.73 Å². The first-order chi connectivity index (χ1) is 11.4. The van der Waals surface area contributed by atoms with Gasteiger partial charge in [0.15, 0.2) is 0 Å². The highest BCUT2D eigenvalue weighted by molar-refractivity contribution is 6.22. The van der Waals surface area contributed by atoms with Crippen LogP contribution in [-0.4, -0.2) is 55.4 Å². The lowest BCUT2D eigenvalue weighted by Crippen LogP contribution is -2.42. The van der Waals surface area contributed by atoms with Gasteiger partial charge in [0.1, 0.15) is 0 Å². The molecule has 3 N–H and O–H groups in total. The predicted octanol–water partition coefficient (Wildman–Crippen LogP) is -0.488. The molecule has 0 bridgehead atoms. The molecule has 2 aromatic rings. The summed E-state index contributed by atoms with van der Waals surface area (Å²) < 4.78 is 0.435. The minimum atomic E-state index is -2.10. The van der Waals surface area contributed by atoms with E-state index in [0.29, 0.717) is 9.63 Å². The van der Waals surface area contributed by atoms with Crippen molar-refractivity contribution in [3.63, 3.8) is 0 Å². The highest BCUT2D eigenvalue weighted by Crippen LogP contribution is 2.23. The van der Waals surface area contributed by atoms with E-state index in [1.54, 1.807) is 12.1 Å². The molecular weight excluding hydrogens is 320 g/mol. The number of aliphatic hydroxyl groups excluding tert-OH is 1. The van der Waals surface area contributed by atoms with E-state index in [1.807, 2.05) is 0 Å². The summed E-state index contributed by atoms with van der Waals surface area (Å²) in [5.74, 6) is -3.39. The summed E-state index contributed by atoms with van der Waals surface area (Å²) in [6, 6.07) is 8.26. The second-order valence-corrected chi connectivity index (χ2v) is 5.01. The van der Waals surface area contributed by atoms with Crippen LogP contribution in [0.25, 0.3) is 0 Å². The summed E-state index contributed by atoms with van der Waals surface area (Å²) in [6.45, 7) is -0.712. The number of nitrogens with zero attached hydrogens (tertiary/aromatic N) is 2. The normalized spacial score (nSPS) is 14.6. The van der Waals surface area contributed by atoms with Crippen LogP contribution in [-0.2, 0) is 4.79 Å². The number of Topliss-reactive ketones (excluding diaryl/α,β-unsaturated/α-hetero) is 1. The third-order valence-corrected chi connectivity index (χ3v) is 3.47. The molecule has 1 aromatic carbocycles. The van der Waals surface area contributed by atoms with Gasteiger partial charge in [0, 0.05) is 12.1 Å². The van der Waals surface area contributed by atoms with Crippen molar-refractivity contribution in [2.75, 3.05) is 6.54 Å². The Balaban J connectivity index is 1.72. The quantitative estimate of drug-likeness (QED) is 0.498. The van der Waals surface area contributed by atoms with Crippen molar-refractivity contribution in [2.45, 2.75) is 6.29 Å². The lowest BCUT2D eigenvalue weighted by atomic mass is 10.1. The maximum absolute atomic E-state index is 12.1. The number of imide groups is 1. The first kappa shape index (κ1) is 15.6. The second kappa shape index (κ2) is 5.70. The fourth-order valence-corrected chi connectivity index (χ4v) is 2.29. The predicted molar refractivity (Wildman–Crippen MR) is 77.2 cm³/mol. The molecule has 0 radical (unpaired) electrons. The van der Waals surface area contributed by atoms with Crippen LogP contribution in [0.2, 0.25) is 0 Å². The number of carbonyl (C=O) groups excluding carboxylic acids is 3. The molecule has 0 aliphatic carbocycles. The highest BCUT2D eigenvalue weighted by Gasteiger charge is 2.37. The molecule has 2 amide bonds. The topological polar surface area (TPSA) is 129 Å². The van der Waals surface area contributed by atoms with Gasteiger partial charge in [-0.05, 0) is 12.1 Å². The highest BCUT2D eigenvalue weighted by atomic mass is 16.8. The zero-order chi connectivity index (χ0) is 17.4. The van der Waals surface area contributed by atoms with E-state index in [9.17, 15) is 29.7 Å². The molecule has 9 heteroatoms. The Hall–Kier alpha value is -3.33. The van der Waals surface area contributed by atoms with Gasteiger partial charge in [-0.1, -0.05) is 12.1 Å². The van der Waals surface area contributed by atoms with E-state index >= 15 is 0 Å². The van der Waals surface area contributed by atoms with Gasteiger partial charge >= 0.3 is 0 Å². The number of amides is 2. The van der Waals surface area contributed by atoms with Crippen LogP contribution in [0.3, 0.4) is 0 Å². The largest absolute Gasteiger partial charge is 0.492 e. The van der Waals surface area contributed by atoms with Crippen LogP contribution in [0.4, 0.5) is 0 Å². The van der Waals surface area contributed by atoms with E-state index in [4.69, 9.17) is 4.84 Å². The number of aromatic nitrogens is 1. The summed E-state index contributed by atoms with van der Waals surface area (Å²) in [5.41, 5.74) is 0.345. The van der Waals surface area contributed by atoms with Crippen molar-refractivity contribution in [2.24, 2.45) is 0 Å². The third-order valence-electron chi connectivity index (χ3n) is 3.47. The van der Waals surface area contributed by atoms with Crippen molar-refractivity contribution < 1.29 is 34.5 Å². The van der Waals surface area contributed by atoms with Crippen LogP contribution < -0.4 is 4.84 Å². The number of hydrogen-bond donors (Lipinski definition) is 3. The Kier molecular flexibility index (Phi) is 3.70. The molecule has 0 spiro atoms. The summed E-state index contributed by atoms with van der Waals surface area (Å²) in [5, 5.41) is 28.5. The number of hydrogen-bond acceptors (Lipinski definition) is 7. The molecule has 0 saturated carbocycles. The van der Waals surface area contributed by atoms with Gasteiger partial charge in [-0.2, -0.15) is 0 Å². The Morgan fingerprint density at radius 1 is 1.00 bits per heavy atom. The van der Waals surface area contributed by atoms with Gasteiger partial charge in [0.05, 0.1) is 17.7 Å². The van der Waals surface area contributed by atoms with Crippen molar-refractivity contribution in [1.29, 1.82) is 0 Å². The van der Waals surface area contributed by atoms with E-state index in [0.717, 1.165) is 12.1 Å². The van der Waals surface area contributed by atoms with E-state index in [1.165, 1.54) is 12.1 Å². The molecule has 1 aliphatic heterocycles. The number of fused-ring (bicyclic) bond motifs is 1. The Bertz CT molecular complexity index is 788. The maximum atomic E-state index is 12.1. The molecule has 124 valence electrons. The molecule has 0 saturated heterocycles. The number of aliphatic hydroxyl groups is 1. The van der Waals surface area contributed by atoms with Gasteiger partial charge in [0.25, 0.3) is 18.1 Å². The number of carbonyl (C=O) groups is 3. The molecule has 1 unspecified atom stereocenters. The maximum Gasteiger partial charge on any atom is 0.283 e. The van der Waals surface area contributed by atoms with Gasteiger partial charge in [-0.25, -0.2) is 0 Å². The van der Waals surface area contributed by atoms with Crippen LogP contribution in [0.5, 0.6) is 11.8 Å². The molecule has 3 rings (SSSR count). The number of ketones is 1. The Morgan fingerprint density at radius 2 is 1.50 bits per heavy atom. The van der Waals surface area contributed by atoms with Crippen LogP contribution in [0.1, 0.15) is 20.7 Å². The minimum absolute atomic E-state index is 0.173. The average Bonchev–Trinajstić information content (AvgIpc) is 3.01. The molecule has 24 heavy (non-hydrogen) atoms. The molecular formula is C15H12N2O7. The minimum Gasteiger partial charge on any atom is -0.492 e. The standard InChI is InChI=1S/C15H12N2O7/c18-10(15(23)24-17-11(19)5-6-12(17)20)7-16-13(21)8-3-1-2-4-9(8)14(16)22/h1-6,15,19-20,23H,7H2. The van der Waals surface area contributed by atoms with Gasteiger partial charge in [-0.3, -0.25) is 19.3 Å². The van der Waals surface area contributed by atoms with Crippen molar-refractivity contribution >= 4 is 17.6 Å². The SMILES string of the molecule is O=C(CN1C(=O)c2ccccc2C1=O)C(O)On1c(O)ccc1O. The monoisotopic (exact) mass is 332 g/mol. The average molecular weight is 332 g/mol. The zero-order valence-electron chi connectivity index (χ0n) is 12.1. The summed E-state index contributed by atoms with van der Waals surface area (Å²) in [7, 11) is 0. The summed E-state index contributed by atoms with van der Waals surface area (Å²) >= 11 is 0. The number of aromatic hydroxyl groups is 2. The zero-order valence-corrected chi connectivity index (χ0v) is 12.1. The molecule has 1 aromatic heterocycles. The fraction of sp³-hybridized carbons (Fsp3) is 0.133. The van der Waals surface area contributed by atoms with Crippen molar-refractivity contribution in [1.82, 2.24) is 9.63 Å². The summed E-state index contributed by atoms with van der Waals surface area (Å²) in [6.07, 6.45) is -2.10. The molecule has 0 fully saturated rings. The van der Waals surface area contributed by atoms with Crippen molar-refractivity contribution in [3.05, 3.63) is 47.5 Å². The fourth-order valence-electron chi connectivity index (χ4n) is 2.29. The smallest absolute Gasteiger partial charge is 0.283 e. The van der Waals surface area contributed by atoms with Crippen LogP contribution in [0, 0.1) is 0 Å². The summed E-state index contributed by atoms with van der Waals surface area (Å²) in [4.78, 5) is 41.7. The number of rotatable bonds is 5. The third kappa shape index (κ3) is 2.46. The molecule has 2 heterocycles. The first-order valence-corrected chi connectivity index (χ1v) is 6.83. The molecule has 1 atom stereocenters. The first-order valence-electron chi connectivity index (χ1n) is 6.83. The molecule has 9 nitrogen and oxygen atoms in total. The van der Waals surface area contributed by atoms with Gasteiger partial charge in [0.2, 0.25) is 17.5 Å². The van der Waals surface area contributed by atoms with E-state index in [2.05, 4.69) is 0 Å². The number of benzene rings is 1. The van der Waals surface area contributed by atoms with E-state index < -0.39 is 42.2 Å². The molecule has 1 aliphatic rings. The Morgan fingerprint density at radius 3 is 2.00 bits per heavy atom. The lowest BCUT2D eigenvalue weighted by Gasteiger charge is -2.17. The lowest BCUT2D eigenvalue weighted by molar-refractivity contribution is -0.158. The van der Waals surface area contributed by atoms with Gasteiger partial charge < -0.3 is 20.2 Å². The van der Waals surface area contributed by atoms with Crippen molar-refractivity contribution in [3.8, 4) is 11.8 Å². The van der Waals surface area contributed by atoms with Crippen LogP contribution in [0.15, 0.2) is 36.4 Å². The van der Waals surface area contributed by atoms with E-state index in [-0.39, 0.29) is 11.1 Å². The Labute approximate surface area is 134 Å².